The van der Waals surface area contributed by atoms with E-state index in [1.165, 1.54) is 0 Å². The highest BCUT2D eigenvalue weighted by Crippen LogP contribution is 2.18. The van der Waals surface area contributed by atoms with Gasteiger partial charge in [0.05, 0.1) is 0 Å². The first kappa shape index (κ1) is 11.3. The molecule has 0 amide bonds. The Balaban J connectivity index is 2.84. The van der Waals surface area contributed by atoms with Gasteiger partial charge in [-0.1, -0.05) is 44.2 Å². The van der Waals surface area contributed by atoms with Crippen molar-refractivity contribution in [3.63, 3.8) is 0 Å². The molecular weight excluding hydrogens is 192 g/mol. The van der Waals surface area contributed by atoms with Crippen LogP contribution in [0.1, 0.15) is 24.2 Å². The third kappa shape index (κ3) is 2.61. The van der Waals surface area contributed by atoms with Crippen LogP contribution in [0.5, 0.6) is 0 Å². The quantitative estimate of drug-likeness (QED) is 0.594. The molecule has 0 heterocycles. The molecule has 1 aromatic rings. The van der Waals surface area contributed by atoms with Crippen LogP contribution in [0.15, 0.2) is 30.3 Å². The standard InChI is InChI=1S/C12H16OS/c1-9(2)11(8-14)12(13)10-6-4-3-5-7-10/h3-7,9,11,14H,8H2,1-2H3. The van der Waals surface area contributed by atoms with Crippen LogP contribution in [0.3, 0.4) is 0 Å². The highest BCUT2D eigenvalue weighted by atomic mass is 32.1. The zero-order valence-electron chi connectivity index (χ0n) is 8.60. The number of Topliss-reactive ketones (excluding diaryl/α,β-unsaturated/α-hetero) is 1. The van der Waals surface area contributed by atoms with Crippen molar-refractivity contribution < 1.29 is 4.79 Å². The number of thiol groups is 1. The molecule has 0 aliphatic carbocycles. The lowest BCUT2D eigenvalue weighted by Crippen LogP contribution is -2.21. The second kappa shape index (κ2) is 5.20. The van der Waals surface area contributed by atoms with Crippen molar-refractivity contribution in [2.45, 2.75) is 13.8 Å². The van der Waals surface area contributed by atoms with Gasteiger partial charge in [0.2, 0.25) is 0 Å². The molecule has 0 aliphatic rings. The second-order valence-corrected chi connectivity index (χ2v) is 4.13. The number of carbonyl (C=O) groups excluding carboxylic acids is 1. The van der Waals surface area contributed by atoms with Gasteiger partial charge < -0.3 is 0 Å². The summed E-state index contributed by atoms with van der Waals surface area (Å²) < 4.78 is 0. The van der Waals surface area contributed by atoms with Crippen LogP contribution in [0.2, 0.25) is 0 Å². The van der Waals surface area contributed by atoms with E-state index in [1.807, 2.05) is 30.3 Å². The fraction of sp³-hybridized carbons (Fsp3) is 0.417. The molecule has 0 radical (unpaired) electrons. The summed E-state index contributed by atoms with van der Waals surface area (Å²) in [5, 5.41) is 0. The fourth-order valence-electron chi connectivity index (χ4n) is 1.41. The van der Waals surface area contributed by atoms with E-state index < -0.39 is 0 Å². The summed E-state index contributed by atoms with van der Waals surface area (Å²) in [6.45, 7) is 4.11. The molecule has 0 spiro atoms. The van der Waals surface area contributed by atoms with Gasteiger partial charge in [0, 0.05) is 17.2 Å². The summed E-state index contributed by atoms with van der Waals surface area (Å²) >= 11 is 4.22. The van der Waals surface area contributed by atoms with E-state index in [0.29, 0.717) is 11.7 Å². The molecular formula is C12H16OS. The molecule has 1 rings (SSSR count). The molecule has 1 aromatic carbocycles. The lowest BCUT2D eigenvalue weighted by Gasteiger charge is -2.16. The number of hydrogen-bond donors (Lipinski definition) is 1. The Labute approximate surface area is 90.9 Å². The summed E-state index contributed by atoms with van der Waals surface area (Å²) in [6, 6.07) is 9.43. The summed E-state index contributed by atoms with van der Waals surface area (Å²) in [5.74, 6) is 1.20. The Morgan fingerprint density at radius 2 is 1.86 bits per heavy atom. The average Bonchev–Trinajstić information content (AvgIpc) is 2.19. The fourth-order valence-corrected chi connectivity index (χ4v) is 2.00. The maximum Gasteiger partial charge on any atom is 0.167 e. The van der Waals surface area contributed by atoms with Gasteiger partial charge in [-0.15, -0.1) is 0 Å². The Kier molecular flexibility index (Phi) is 4.21. The highest BCUT2D eigenvalue weighted by molar-refractivity contribution is 7.80. The molecule has 1 atom stereocenters. The summed E-state index contributed by atoms with van der Waals surface area (Å²) in [6.07, 6.45) is 0. The third-order valence-electron chi connectivity index (χ3n) is 2.40. The lowest BCUT2D eigenvalue weighted by atomic mass is 9.89. The van der Waals surface area contributed by atoms with Crippen LogP contribution in [0.25, 0.3) is 0 Å². The van der Waals surface area contributed by atoms with Gasteiger partial charge in [-0.25, -0.2) is 0 Å². The number of carbonyl (C=O) groups is 1. The van der Waals surface area contributed by atoms with Crippen LogP contribution in [0.4, 0.5) is 0 Å². The molecule has 14 heavy (non-hydrogen) atoms. The molecule has 0 bridgehead atoms. The van der Waals surface area contributed by atoms with Gasteiger partial charge in [-0.05, 0) is 5.92 Å². The predicted molar refractivity (Wildman–Crippen MR) is 63.0 cm³/mol. The van der Waals surface area contributed by atoms with Crippen molar-refractivity contribution >= 4 is 18.4 Å². The zero-order valence-corrected chi connectivity index (χ0v) is 9.50. The van der Waals surface area contributed by atoms with Crippen molar-refractivity contribution in [2.75, 3.05) is 5.75 Å². The van der Waals surface area contributed by atoms with Gasteiger partial charge in [-0.3, -0.25) is 4.79 Å². The minimum atomic E-state index is 0.0285. The largest absolute Gasteiger partial charge is 0.294 e. The van der Waals surface area contributed by atoms with Crippen LogP contribution >= 0.6 is 12.6 Å². The predicted octanol–water partition coefficient (Wildman–Crippen LogP) is 3.07. The van der Waals surface area contributed by atoms with E-state index in [4.69, 9.17) is 0 Å². The minimum absolute atomic E-state index is 0.0285. The topological polar surface area (TPSA) is 17.1 Å². The molecule has 0 N–H and O–H groups in total. The molecule has 0 aromatic heterocycles. The van der Waals surface area contributed by atoms with Gasteiger partial charge in [0.1, 0.15) is 0 Å². The zero-order chi connectivity index (χ0) is 10.6. The maximum absolute atomic E-state index is 12.0. The molecule has 0 saturated carbocycles. The molecule has 1 unspecified atom stereocenters. The molecule has 2 heteroatoms. The van der Waals surface area contributed by atoms with Gasteiger partial charge in [-0.2, -0.15) is 12.6 Å². The van der Waals surface area contributed by atoms with E-state index >= 15 is 0 Å². The van der Waals surface area contributed by atoms with E-state index in [-0.39, 0.29) is 11.7 Å². The molecule has 0 fully saturated rings. The molecule has 1 nitrogen and oxygen atoms in total. The van der Waals surface area contributed by atoms with Crippen LogP contribution in [-0.2, 0) is 0 Å². The summed E-state index contributed by atoms with van der Waals surface area (Å²) in [4.78, 5) is 12.0. The lowest BCUT2D eigenvalue weighted by molar-refractivity contribution is 0.0903. The van der Waals surface area contributed by atoms with Gasteiger partial charge in [0.15, 0.2) is 5.78 Å². The van der Waals surface area contributed by atoms with Gasteiger partial charge >= 0.3 is 0 Å². The number of rotatable bonds is 4. The summed E-state index contributed by atoms with van der Waals surface area (Å²) in [7, 11) is 0. The smallest absolute Gasteiger partial charge is 0.167 e. The Bertz CT molecular complexity index is 292. The first-order valence-corrected chi connectivity index (χ1v) is 5.50. The molecule has 76 valence electrons. The number of ketones is 1. The van der Waals surface area contributed by atoms with Crippen molar-refractivity contribution in [1.82, 2.24) is 0 Å². The SMILES string of the molecule is CC(C)C(CS)C(=O)c1ccccc1. The Morgan fingerprint density at radius 3 is 2.29 bits per heavy atom. The minimum Gasteiger partial charge on any atom is -0.294 e. The number of hydrogen-bond acceptors (Lipinski definition) is 2. The van der Waals surface area contributed by atoms with Gasteiger partial charge in [0.25, 0.3) is 0 Å². The van der Waals surface area contributed by atoms with E-state index in [1.54, 1.807) is 0 Å². The molecule has 0 saturated heterocycles. The summed E-state index contributed by atoms with van der Waals surface area (Å²) in [5.41, 5.74) is 0.792. The van der Waals surface area contributed by atoms with Crippen LogP contribution < -0.4 is 0 Å². The van der Waals surface area contributed by atoms with E-state index in [2.05, 4.69) is 26.5 Å². The van der Waals surface area contributed by atoms with E-state index in [9.17, 15) is 4.79 Å². The third-order valence-corrected chi connectivity index (χ3v) is 2.79. The Morgan fingerprint density at radius 1 is 1.29 bits per heavy atom. The monoisotopic (exact) mass is 208 g/mol. The number of benzene rings is 1. The van der Waals surface area contributed by atoms with Crippen molar-refractivity contribution in [1.29, 1.82) is 0 Å². The highest BCUT2D eigenvalue weighted by Gasteiger charge is 2.21. The second-order valence-electron chi connectivity index (χ2n) is 3.76. The van der Waals surface area contributed by atoms with Crippen molar-refractivity contribution in [3.05, 3.63) is 35.9 Å². The Hall–Kier alpha value is -0.760. The first-order chi connectivity index (χ1) is 6.66. The maximum atomic E-state index is 12.0. The van der Waals surface area contributed by atoms with Crippen molar-refractivity contribution in [3.8, 4) is 0 Å². The molecule has 0 aliphatic heterocycles. The first-order valence-electron chi connectivity index (χ1n) is 4.87. The van der Waals surface area contributed by atoms with Crippen LogP contribution in [0, 0.1) is 11.8 Å². The average molecular weight is 208 g/mol. The van der Waals surface area contributed by atoms with Crippen LogP contribution in [-0.4, -0.2) is 11.5 Å². The van der Waals surface area contributed by atoms with E-state index in [0.717, 1.165) is 5.56 Å². The van der Waals surface area contributed by atoms with Crippen molar-refractivity contribution in [2.24, 2.45) is 11.8 Å². The normalized spacial score (nSPS) is 12.9.